The molecule has 1 aromatic rings. The van der Waals surface area contributed by atoms with Gasteiger partial charge in [-0.2, -0.15) is 0 Å². The Labute approximate surface area is 150 Å². The molecular formula is C19H31N3O3. The van der Waals surface area contributed by atoms with Crippen LogP contribution in [0.2, 0.25) is 0 Å². The van der Waals surface area contributed by atoms with Crippen molar-refractivity contribution < 1.29 is 14.3 Å². The molecule has 2 N–H and O–H groups in total. The Morgan fingerprint density at radius 3 is 2.64 bits per heavy atom. The summed E-state index contributed by atoms with van der Waals surface area (Å²) in [6.07, 6.45) is 1.68. The molecule has 0 spiro atoms. The van der Waals surface area contributed by atoms with Crippen LogP contribution in [-0.4, -0.2) is 60.8 Å². The summed E-state index contributed by atoms with van der Waals surface area (Å²) in [6, 6.07) is 7.55. The number of nitrogens with zero attached hydrogens (tertiary/aromatic N) is 2. The van der Waals surface area contributed by atoms with Gasteiger partial charge in [-0.25, -0.2) is 4.79 Å². The molecule has 0 aromatic heterocycles. The van der Waals surface area contributed by atoms with E-state index in [0.717, 1.165) is 44.8 Å². The van der Waals surface area contributed by atoms with E-state index in [1.54, 1.807) is 0 Å². The van der Waals surface area contributed by atoms with Crippen LogP contribution < -0.4 is 10.5 Å². The first-order valence-corrected chi connectivity index (χ1v) is 9.03. The summed E-state index contributed by atoms with van der Waals surface area (Å²) in [5.41, 5.74) is 6.10. The van der Waals surface area contributed by atoms with E-state index in [2.05, 4.69) is 4.90 Å². The van der Waals surface area contributed by atoms with Gasteiger partial charge in [-0.15, -0.1) is 0 Å². The zero-order valence-corrected chi connectivity index (χ0v) is 15.7. The molecule has 1 heterocycles. The second-order valence-corrected chi connectivity index (χ2v) is 7.40. The molecule has 6 heteroatoms. The summed E-state index contributed by atoms with van der Waals surface area (Å²) < 4.78 is 11.2. The molecular weight excluding hydrogens is 318 g/mol. The number of benzene rings is 1. The third-order valence-electron chi connectivity index (χ3n) is 4.04. The van der Waals surface area contributed by atoms with E-state index in [4.69, 9.17) is 15.2 Å². The largest absolute Gasteiger partial charge is 0.491 e. The van der Waals surface area contributed by atoms with Gasteiger partial charge in [-0.05, 0) is 52.3 Å². The molecule has 6 nitrogen and oxygen atoms in total. The minimum Gasteiger partial charge on any atom is -0.491 e. The third kappa shape index (κ3) is 6.82. The number of carbonyl (C=O) groups is 1. The fourth-order valence-electron chi connectivity index (χ4n) is 2.79. The number of amides is 1. The van der Waals surface area contributed by atoms with Crippen LogP contribution in [0.5, 0.6) is 5.75 Å². The Morgan fingerprint density at radius 2 is 1.92 bits per heavy atom. The number of carbonyl (C=O) groups excluding carboxylic acids is 1. The lowest BCUT2D eigenvalue weighted by Gasteiger charge is -2.26. The molecule has 1 aromatic carbocycles. The average Bonchev–Trinajstić information content (AvgIpc) is 2.77. The minimum atomic E-state index is -0.445. The third-order valence-corrected chi connectivity index (χ3v) is 4.04. The smallest absolute Gasteiger partial charge is 0.410 e. The molecule has 0 radical (unpaired) electrons. The number of ether oxygens (including phenoxy) is 2. The first kappa shape index (κ1) is 19.4. The topological polar surface area (TPSA) is 68.0 Å². The molecule has 140 valence electrons. The molecule has 0 aliphatic carbocycles. The van der Waals surface area contributed by atoms with Gasteiger partial charge in [0.25, 0.3) is 0 Å². The van der Waals surface area contributed by atoms with Gasteiger partial charge in [0.05, 0.1) is 12.3 Å². The molecule has 2 rings (SSSR count). The Kier molecular flexibility index (Phi) is 6.93. The van der Waals surface area contributed by atoms with Gasteiger partial charge in [0.2, 0.25) is 0 Å². The normalized spacial score (nSPS) is 16.4. The molecule has 0 saturated carbocycles. The van der Waals surface area contributed by atoms with E-state index in [9.17, 15) is 4.79 Å². The van der Waals surface area contributed by atoms with Gasteiger partial charge in [0, 0.05) is 26.2 Å². The molecule has 1 aliphatic heterocycles. The van der Waals surface area contributed by atoms with E-state index in [1.807, 2.05) is 49.9 Å². The lowest BCUT2D eigenvalue weighted by atomic mass is 10.2. The van der Waals surface area contributed by atoms with Gasteiger partial charge in [0.15, 0.2) is 0 Å². The van der Waals surface area contributed by atoms with Crippen LogP contribution in [0, 0.1) is 0 Å². The van der Waals surface area contributed by atoms with Crippen LogP contribution in [0.15, 0.2) is 24.3 Å². The first-order valence-electron chi connectivity index (χ1n) is 9.03. The van der Waals surface area contributed by atoms with Crippen LogP contribution in [-0.2, 0) is 4.74 Å². The Morgan fingerprint density at radius 1 is 1.16 bits per heavy atom. The van der Waals surface area contributed by atoms with Crippen LogP contribution in [0.3, 0.4) is 0 Å². The highest BCUT2D eigenvalue weighted by atomic mass is 16.6. The molecule has 0 bridgehead atoms. The number of nitrogens with two attached hydrogens (primary N) is 1. The molecule has 25 heavy (non-hydrogen) atoms. The van der Waals surface area contributed by atoms with Gasteiger partial charge in [-0.1, -0.05) is 12.1 Å². The monoisotopic (exact) mass is 349 g/mol. The number of hydrogen-bond donors (Lipinski definition) is 1. The summed E-state index contributed by atoms with van der Waals surface area (Å²) >= 11 is 0. The highest BCUT2D eigenvalue weighted by Gasteiger charge is 2.24. The Hall–Kier alpha value is -1.95. The van der Waals surface area contributed by atoms with Crippen molar-refractivity contribution in [2.45, 2.75) is 39.2 Å². The SMILES string of the molecule is CC(C)(C)OC(=O)N1CCCN(CCCOc2ccccc2N)CC1. The average molecular weight is 349 g/mol. The Balaban J connectivity index is 1.69. The van der Waals surface area contributed by atoms with Crippen LogP contribution >= 0.6 is 0 Å². The minimum absolute atomic E-state index is 0.211. The lowest BCUT2D eigenvalue weighted by molar-refractivity contribution is 0.0257. The van der Waals surface area contributed by atoms with Gasteiger partial charge >= 0.3 is 6.09 Å². The quantitative estimate of drug-likeness (QED) is 0.654. The summed E-state index contributed by atoms with van der Waals surface area (Å²) in [7, 11) is 0. The summed E-state index contributed by atoms with van der Waals surface area (Å²) in [5.74, 6) is 0.745. The number of hydrogen-bond acceptors (Lipinski definition) is 5. The number of anilines is 1. The van der Waals surface area contributed by atoms with Crippen molar-refractivity contribution in [1.29, 1.82) is 0 Å². The standard InChI is InChI=1S/C19H31N3O3/c1-19(2,3)25-18(23)22-12-6-10-21(13-14-22)11-7-15-24-17-9-5-4-8-16(17)20/h4-5,8-9H,6-7,10-15,20H2,1-3H3. The molecule has 1 aliphatic rings. The maximum absolute atomic E-state index is 12.2. The predicted octanol–water partition coefficient (Wildman–Crippen LogP) is 2.98. The second-order valence-electron chi connectivity index (χ2n) is 7.40. The fraction of sp³-hybridized carbons (Fsp3) is 0.632. The van der Waals surface area contributed by atoms with E-state index in [-0.39, 0.29) is 6.09 Å². The zero-order chi connectivity index (χ0) is 18.3. The maximum atomic E-state index is 12.2. The van der Waals surface area contributed by atoms with E-state index in [0.29, 0.717) is 18.8 Å². The summed E-state index contributed by atoms with van der Waals surface area (Å²) in [4.78, 5) is 16.4. The van der Waals surface area contributed by atoms with Crippen molar-refractivity contribution in [2.24, 2.45) is 0 Å². The lowest BCUT2D eigenvalue weighted by Crippen LogP contribution is -2.39. The number of para-hydroxylation sites is 2. The molecule has 1 fully saturated rings. The van der Waals surface area contributed by atoms with Gasteiger partial charge < -0.3 is 25.0 Å². The van der Waals surface area contributed by atoms with Crippen LogP contribution in [0.1, 0.15) is 33.6 Å². The number of rotatable bonds is 5. The molecule has 0 atom stereocenters. The Bertz CT molecular complexity index is 557. The maximum Gasteiger partial charge on any atom is 0.410 e. The zero-order valence-electron chi connectivity index (χ0n) is 15.7. The van der Waals surface area contributed by atoms with Crippen molar-refractivity contribution in [3.63, 3.8) is 0 Å². The summed E-state index contributed by atoms with van der Waals surface area (Å²) in [6.45, 7) is 10.6. The van der Waals surface area contributed by atoms with E-state index in [1.165, 1.54) is 0 Å². The van der Waals surface area contributed by atoms with Crippen LogP contribution in [0.4, 0.5) is 10.5 Å². The van der Waals surface area contributed by atoms with Crippen molar-refractivity contribution in [2.75, 3.05) is 45.1 Å². The predicted molar refractivity (Wildman–Crippen MR) is 99.8 cm³/mol. The van der Waals surface area contributed by atoms with E-state index >= 15 is 0 Å². The number of nitrogen functional groups attached to an aromatic ring is 1. The highest BCUT2D eigenvalue weighted by Crippen LogP contribution is 2.19. The fourth-order valence-corrected chi connectivity index (χ4v) is 2.79. The highest BCUT2D eigenvalue weighted by molar-refractivity contribution is 5.68. The molecule has 1 amide bonds. The van der Waals surface area contributed by atoms with E-state index < -0.39 is 5.60 Å². The van der Waals surface area contributed by atoms with Crippen molar-refractivity contribution in [3.8, 4) is 5.75 Å². The molecule has 0 unspecified atom stereocenters. The first-order chi connectivity index (χ1) is 11.8. The van der Waals surface area contributed by atoms with Gasteiger partial charge in [-0.3, -0.25) is 0 Å². The second kappa shape index (κ2) is 8.94. The molecule has 1 saturated heterocycles. The van der Waals surface area contributed by atoms with Crippen LogP contribution in [0.25, 0.3) is 0 Å². The van der Waals surface area contributed by atoms with Crippen molar-refractivity contribution >= 4 is 11.8 Å². The van der Waals surface area contributed by atoms with Gasteiger partial charge in [0.1, 0.15) is 11.4 Å². The van der Waals surface area contributed by atoms with Crippen molar-refractivity contribution in [3.05, 3.63) is 24.3 Å². The van der Waals surface area contributed by atoms with Crippen molar-refractivity contribution in [1.82, 2.24) is 9.80 Å². The summed E-state index contributed by atoms with van der Waals surface area (Å²) in [5, 5.41) is 0.